The molecular formula is C10H13NO6S. The van der Waals surface area contributed by atoms with E-state index < -0.39 is 28.4 Å². The molecule has 0 fully saturated rings. The zero-order valence-corrected chi connectivity index (χ0v) is 10.3. The molecule has 0 radical (unpaired) electrons. The van der Waals surface area contributed by atoms with Crippen molar-refractivity contribution in [2.75, 3.05) is 0 Å². The molecule has 100 valence electrons. The number of aliphatic carboxylic acids is 2. The van der Waals surface area contributed by atoms with Gasteiger partial charge in [0.1, 0.15) is 6.42 Å². The van der Waals surface area contributed by atoms with Crippen LogP contribution in [0.15, 0.2) is 29.2 Å². The molecule has 0 atom stereocenters. The summed E-state index contributed by atoms with van der Waals surface area (Å²) in [7, 11) is -3.53. The summed E-state index contributed by atoms with van der Waals surface area (Å²) in [5, 5.41) is 20.3. The van der Waals surface area contributed by atoms with Crippen LogP contribution < -0.4 is 5.14 Å². The number of benzene rings is 1. The van der Waals surface area contributed by atoms with Crippen LogP contribution in [-0.4, -0.2) is 30.6 Å². The lowest BCUT2D eigenvalue weighted by Crippen LogP contribution is -2.13. The second-order valence-electron chi connectivity index (χ2n) is 3.27. The second kappa shape index (κ2) is 6.72. The third-order valence-corrected chi connectivity index (χ3v) is 2.77. The zero-order valence-electron chi connectivity index (χ0n) is 9.53. The minimum Gasteiger partial charge on any atom is -0.481 e. The van der Waals surface area contributed by atoms with Gasteiger partial charge in [-0.3, -0.25) is 9.59 Å². The van der Waals surface area contributed by atoms with Gasteiger partial charge < -0.3 is 10.2 Å². The van der Waals surface area contributed by atoms with E-state index in [4.69, 9.17) is 15.4 Å². The van der Waals surface area contributed by atoms with E-state index >= 15 is 0 Å². The molecule has 1 rings (SSSR count). The highest BCUT2D eigenvalue weighted by atomic mass is 32.2. The average molecular weight is 275 g/mol. The van der Waals surface area contributed by atoms with Crippen LogP contribution >= 0.6 is 0 Å². The summed E-state index contributed by atoms with van der Waals surface area (Å²) in [5.41, 5.74) is 0.676. The van der Waals surface area contributed by atoms with Crippen molar-refractivity contribution in [2.45, 2.75) is 18.2 Å². The zero-order chi connectivity index (χ0) is 14.3. The fraction of sp³-hybridized carbons (Fsp3) is 0.200. The molecule has 0 aliphatic carbocycles. The quantitative estimate of drug-likeness (QED) is 0.674. The van der Waals surface area contributed by atoms with Crippen molar-refractivity contribution in [1.29, 1.82) is 0 Å². The van der Waals surface area contributed by atoms with Crippen molar-refractivity contribution in [1.82, 2.24) is 0 Å². The lowest BCUT2D eigenvalue weighted by atomic mass is 10.2. The molecule has 0 saturated heterocycles. The summed E-state index contributed by atoms with van der Waals surface area (Å²) in [6, 6.07) is 6.61. The van der Waals surface area contributed by atoms with Crippen LogP contribution in [0.5, 0.6) is 0 Å². The van der Waals surface area contributed by atoms with E-state index in [9.17, 15) is 18.0 Å². The molecule has 0 bridgehead atoms. The number of rotatable bonds is 3. The van der Waals surface area contributed by atoms with Gasteiger partial charge in [-0.25, -0.2) is 13.6 Å². The maximum Gasteiger partial charge on any atom is 0.314 e. The minimum atomic E-state index is -3.53. The molecule has 1 aromatic carbocycles. The van der Waals surface area contributed by atoms with Crippen LogP contribution in [-0.2, 0) is 19.6 Å². The van der Waals surface area contributed by atoms with Gasteiger partial charge in [-0.2, -0.15) is 0 Å². The van der Waals surface area contributed by atoms with Crippen LogP contribution in [0.25, 0.3) is 0 Å². The van der Waals surface area contributed by atoms with Gasteiger partial charge in [0.2, 0.25) is 10.0 Å². The molecule has 7 nitrogen and oxygen atoms in total. The van der Waals surface area contributed by atoms with Crippen LogP contribution in [0.2, 0.25) is 0 Å². The molecule has 0 amide bonds. The van der Waals surface area contributed by atoms with Crippen molar-refractivity contribution >= 4 is 22.0 Å². The van der Waals surface area contributed by atoms with E-state index in [0.717, 1.165) is 0 Å². The third-order valence-electron chi connectivity index (χ3n) is 1.70. The van der Waals surface area contributed by atoms with Crippen molar-refractivity contribution in [3.05, 3.63) is 29.8 Å². The molecular weight excluding hydrogens is 262 g/mol. The van der Waals surface area contributed by atoms with Gasteiger partial charge in [-0.05, 0) is 18.6 Å². The number of primary sulfonamides is 1. The van der Waals surface area contributed by atoms with Crippen molar-refractivity contribution < 1.29 is 28.2 Å². The normalized spacial score (nSPS) is 10.1. The molecule has 0 heterocycles. The number of nitrogens with two attached hydrogens (primary N) is 1. The molecule has 0 aliphatic rings. The van der Waals surface area contributed by atoms with Gasteiger partial charge in [0.15, 0.2) is 0 Å². The Morgan fingerprint density at radius 3 is 1.83 bits per heavy atom. The molecule has 18 heavy (non-hydrogen) atoms. The molecule has 4 N–H and O–H groups in total. The summed E-state index contributed by atoms with van der Waals surface area (Å²) in [5.74, 6) is -2.62. The maximum atomic E-state index is 10.8. The SMILES string of the molecule is Cc1ccccc1S(N)(=O)=O.O=C(O)CC(=O)O. The molecule has 8 heteroatoms. The first-order valence-electron chi connectivity index (χ1n) is 4.66. The van der Waals surface area contributed by atoms with E-state index in [1.165, 1.54) is 6.07 Å². The summed E-state index contributed by atoms with van der Waals surface area (Å²) in [4.78, 5) is 19.1. The highest BCUT2D eigenvalue weighted by molar-refractivity contribution is 7.89. The highest BCUT2D eigenvalue weighted by Crippen LogP contribution is 2.10. The van der Waals surface area contributed by atoms with Crippen molar-refractivity contribution in [3.8, 4) is 0 Å². The van der Waals surface area contributed by atoms with Crippen LogP contribution in [0.1, 0.15) is 12.0 Å². The predicted molar refractivity (Wildman–Crippen MR) is 62.4 cm³/mol. The molecule has 1 aromatic rings. The minimum absolute atomic E-state index is 0.194. The summed E-state index contributed by atoms with van der Waals surface area (Å²) < 4.78 is 21.7. The Labute approximate surface area is 104 Å². The van der Waals surface area contributed by atoms with Gasteiger partial charge in [0.25, 0.3) is 0 Å². The first kappa shape index (κ1) is 16.1. The summed E-state index contributed by atoms with van der Waals surface area (Å²) in [6.45, 7) is 1.71. The van der Waals surface area contributed by atoms with Crippen molar-refractivity contribution in [3.63, 3.8) is 0 Å². The Balaban J connectivity index is 0.000000360. The Morgan fingerprint density at radius 2 is 1.61 bits per heavy atom. The Kier molecular flexibility index (Phi) is 6.00. The van der Waals surface area contributed by atoms with E-state index in [1.54, 1.807) is 25.1 Å². The Morgan fingerprint density at radius 1 is 1.17 bits per heavy atom. The number of aryl methyl sites for hydroxylation is 1. The molecule has 0 spiro atoms. The third kappa shape index (κ3) is 6.61. The Bertz CT molecular complexity index is 525. The van der Waals surface area contributed by atoms with Gasteiger partial charge in [-0.1, -0.05) is 18.2 Å². The molecule has 0 aromatic heterocycles. The molecule has 0 unspecified atom stereocenters. The van der Waals surface area contributed by atoms with Crippen LogP contribution in [0, 0.1) is 6.92 Å². The average Bonchev–Trinajstić information content (AvgIpc) is 2.14. The molecule has 0 saturated carbocycles. The fourth-order valence-corrected chi connectivity index (χ4v) is 1.79. The maximum absolute atomic E-state index is 10.8. The van der Waals surface area contributed by atoms with E-state index in [2.05, 4.69) is 0 Å². The van der Waals surface area contributed by atoms with Gasteiger partial charge in [0.05, 0.1) is 4.90 Å². The lowest BCUT2D eigenvalue weighted by molar-refractivity contribution is -0.147. The fourth-order valence-electron chi connectivity index (χ4n) is 1.01. The topological polar surface area (TPSA) is 135 Å². The summed E-state index contributed by atoms with van der Waals surface area (Å²) >= 11 is 0. The Hall–Kier alpha value is -1.93. The van der Waals surface area contributed by atoms with E-state index in [1.807, 2.05) is 0 Å². The number of hydrogen-bond donors (Lipinski definition) is 3. The van der Waals surface area contributed by atoms with Gasteiger partial charge in [0, 0.05) is 0 Å². The first-order chi connectivity index (χ1) is 8.14. The van der Waals surface area contributed by atoms with E-state index in [-0.39, 0.29) is 4.90 Å². The van der Waals surface area contributed by atoms with Crippen molar-refractivity contribution in [2.24, 2.45) is 5.14 Å². The number of sulfonamides is 1. The number of carboxylic acids is 2. The first-order valence-corrected chi connectivity index (χ1v) is 6.21. The van der Waals surface area contributed by atoms with E-state index in [0.29, 0.717) is 5.56 Å². The highest BCUT2D eigenvalue weighted by Gasteiger charge is 2.08. The van der Waals surface area contributed by atoms with Gasteiger partial charge in [-0.15, -0.1) is 0 Å². The smallest absolute Gasteiger partial charge is 0.314 e. The number of hydrogen-bond acceptors (Lipinski definition) is 4. The van der Waals surface area contributed by atoms with Crippen LogP contribution in [0.3, 0.4) is 0 Å². The predicted octanol–water partition coefficient (Wildman–Crippen LogP) is 0.188. The molecule has 0 aliphatic heterocycles. The largest absolute Gasteiger partial charge is 0.481 e. The van der Waals surface area contributed by atoms with Crippen LogP contribution in [0.4, 0.5) is 0 Å². The monoisotopic (exact) mass is 275 g/mol. The number of carboxylic acid groups (broad SMARTS) is 2. The van der Waals surface area contributed by atoms with Gasteiger partial charge >= 0.3 is 11.9 Å². The number of carbonyl (C=O) groups is 2. The lowest BCUT2D eigenvalue weighted by Gasteiger charge is -2.00. The summed E-state index contributed by atoms with van der Waals surface area (Å²) in [6.07, 6.45) is -0.806. The standard InChI is InChI=1S/C7H9NO2S.C3H4O4/c1-6-4-2-3-5-7(6)11(8,9)10;4-2(5)1-3(6)7/h2-5H,1H3,(H2,8,9,10);1H2,(H,4,5)(H,6,7). The second-order valence-corrected chi connectivity index (χ2v) is 4.80.